The molecule has 1 aromatic heterocycles. The number of nitrogens with zero attached hydrogens (tertiary/aromatic N) is 2. The lowest BCUT2D eigenvalue weighted by atomic mass is 9.92. The Morgan fingerprint density at radius 3 is 2.22 bits per heavy atom. The fourth-order valence-corrected chi connectivity index (χ4v) is 5.97. The molecule has 45 heavy (non-hydrogen) atoms. The Morgan fingerprint density at radius 1 is 0.933 bits per heavy atom. The van der Waals surface area contributed by atoms with Gasteiger partial charge in [0.05, 0.1) is 6.04 Å². The van der Waals surface area contributed by atoms with Crippen LogP contribution in [0, 0.1) is 0 Å². The minimum absolute atomic E-state index is 0.218. The molecule has 0 saturated carbocycles. The van der Waals surface area contributed by atoms with Crippen LogP contribution in [0.1, 0.15) is 70.1 Å². The molecule has 0 aliphatic carbocycles. The summed E-state index contributed by atoms with van der Waals surface area (Å²) in [5.41, 5.74) is 3.79. The molecule has 5 rings (SSSR count). The van der Waals surface area contributed by atoms with Crippen molar-refractivity contribution in [2.75, 3.05) is 0 Å². The van der Waals surface area contributed by atoms with Gasteiger partial charge >= 0.3 is 6.09 Å². The van der Waals surface area contributed by atoms with E-state index in [-0.39, 0.29) is 24.0 Å². The van der Waals surface area contributed by atoms with Crippen LogP contribution < -0.4 is 10.1 Å². The summed E-state index contributed by atoms with van der Waals surface area (Å²) in [6.45, 7) is 11.8. The molecule has 2 atom stereocenters. The number of halogens is 1. The van der Waals surface area contributed by atoms with Crippen LogP contribution >= 0.6 is 15.9 Å². The summed E-state index contributed by atoms with van der Waals surface area (Å²) in [5.74, 6) is 1.19. The highest BCUT2D eigenvalue weighted by atomic mass is 79.9. The fraction of sp³-hybridized carbons (Fsp3) is 0.361. The van der Waals surface area contributed by atoms with Crippen molar-refractivity contribution in [3.63, 3.8) is 0 Å². The number of carbonyl (C=O) groups excluding carboxylic acids is 2. The van der Waals surface area contributed by atoms with Crippen LogP contribution in [-0.2, 0) is 28.9 Å². The van der Waals surface area contributed by atoms with E-state index in [1.807, 2.05) is 98.5 Å². The van der Waals surface area contributed by atoms with E-state index in [2.05, 4.69) is 32.3 Å². The molecule has 0 fully saturated rings. The van der Waals surface area contributed by atoms with Gasteiger partial charge in [0.2, 0.25) is 5.91 Å². The van der Waals surface area contributed by atoms with Gasteiger partial charge in [-0.2, -0.15) is 0 Å². The summed E-state index contributed by atoms with van der Waals surface area (Å²) in [6.07, 6.45) is 0.207. The van der Waals surface area contributed by atoms with Gasteiger partial charge in [-0.25, -0.2) is 9.78 Å². The fourth-order valence-electron chi connectivity index (χ4n) is 5.45. The van der Waals surface area contributed by atoms with Gasteiger partial charge < -0.3 is 24.7 Å². The summed E-state index contributed by atoms with van der Waals surface area (Å²) in [4.78, 5) is 37.9. The third-order valence-corrected chi connectivity index (χ3v) is 7.92. The highest BCUT2D eigenvalue weighted by Gasteiger charge is 2.37. The number of nitrogens with one attached hydrogen (secondary N) is 2. The van der Waals surface area contributed by atoms with Crippen molar-refractivity contribution in [1.29, 1.82) is 0 Å². The van der Waals surface area contributed by atoms with Crippen molar-refractivity contribution in [2.45, 2.75) is 84.2 Å². The second-order valence-electron chi connectivity index (χ2n) is 13.4. The summed E-state index contributed by atoms with van der Waals surface area (Å²) >= 11 is 3.66. The van der Waals surface area contributed by atoms with E-state index in [9.17, 15) is 9.59 Å². The number of fused-ring (bicyclic) bond motifs is 1. The lowest BCUT2D eigenvalue weighted by Crippen LogP contribution is -2.52. The zero-order chi connectivity index (χ0) is 32.4. The lowest BCUT2D eigenvalue weighted by molar-refractivity contribution is -0.137. The van der Waals surface area contributed by atoms with Crippen molar-refractivity contribution in [2.24, 2.45) is 0 Å². The van der Waals surface area contributed by atoms with E-state index < -0.39 is 17.7 Å². The third-order valence-electron chi connectivity index (χ3n) is 7.35. The van der Waals surface area contributed by atoms with E-state index in [4.69, 9.17) is 14.5 Å². The maximum atomic E-state index is 14.6. The van der Waals surface area contributed by atoms with Crippen LogP contribution in [-0.4, -0.2) is 44.1 Å². The zero-order valence-corrected chi connectivity index (χ0v) is 28.3. The number of amides is 2. The first-order valence-electron chi connectivity index (χ1n) is 15.2. The molecule has 0 unspecified atom stereocenters. The van der Waals surface area contributed by atoms with E-state index in [1.165, 1.54) is 0 Å². The van der Waals surface area contributed by atoms with Gasteiger partial charge in [-0.05, 0) is 86.3 Å². The molecule has 0 saturated heterocycles. The number of carbonyl (C=O) groups is 2. The maximum absolute atomic E-state index is 14.6. The Balaban J connectivity index is 1.49. The second-order valence-corrected chi connectivity index (χ2v) is 14.2. The number of imidazole rings is 1. The Morgan fingerprint density at radius 2 is 1.58 bits per heavy atom. The van der Waals surface area contributed by atoms with E-state index >= 15 is 0 Å². The number of aromatic nitrogens is 2. The highest BCUT2D eigenvalue weighted by molar-refractivity contribution is 9.10. The van der Waals surface area contributed by atoms with Gasteiger partial charge in [-0.1, -0.05) is 66.7 Å². The summed E-state index contributed by atoms with van der Waals surface area (Å²) in [7, 11) is 0. The highest BCUT2D eigenvalue weighted by Crippen LogP contribution is 2.36. The molecule has 236 valence electrons. The van der Waals surface area contributed by atoms with E-state index in [0.717, 1.165) is 38.3 Å². The number of aromatic amines is 1. The first-order valence-corrected chi connectivity index (χ1v) is 16.0. The molecule has 9 heteroatoms. The van der Waals surface area contributed by atoms with Gasteiger partial charge in [-0.15, -0.1) is 0 Å². The number of benzene rings is 3. The van der Waals surface area contributed by atoms with E-state index in [1.54, 1.807) is 20.8 Å². The monoisotopic (exact) mass is 672 g/mol. The van der Waals surface area contributed by atoms with Crippen LogP contribution in [0.3, 0.4) is 0 Å². The smallest absolute Gasteiger partial charge is 0.408 e. The second kappa shape index (κ2) is 13.1. The number of alkyl carbamates (subject to hydrolysis) is 1. The zero-order valence-electron chi connectivity index (χ0n) is 26.7. The maximum Gasteiger partial charge on any atom is 0.408 e. The van der Waals surface area contributed by atoms with Crippen molar-refractivity contribution < 1.29 is 19.1 Å². The molecule has 2 heterocycles. The van der Waals surface area contributed by atoms with Crippen LogP contribution in [0.25, 0.3) is 11.3 Å². The molecule has 8 nitrogen and oxygen atoms in total. The van der Waals surface area contributed by atoms with Crippen molar-refractivity contribution in [3.05, 3.63) is 106 Å². The average molecular weight is 674 g/mol. The molecule has 0 bridgehead atoms. The standard InChI is InChI=1S/C36H41BrN4O4/c1-35(2,3)44-27-18-16-23(17-19-27)20-28(38-34(43)45-36(4,5)6)33(42)41-22-26-15-11-10-14-25(26)21-29(41)32-39-30(31(37)40-32)24-12-8-7-9-13-24/h7-19,28-29H,20-22H2,1-6H3,(H,38,43)(H,39,40)/t28-,29-/m0/s1. The minimum Gasteiger partial charge on any atom is -0.488 e. The quantitative estimate of drug-likeness (QED) is 0.209. The molecule has 2 N–H and O–H groups in total. The van der Waals surface area contributed by atoms with Crippen LogP contribution in [0.5, 0.6) is 5.75 Å². The summed E-state index contributed by atoms with van der Waals surface area (Å²) in [5, 5.41) is 2.89. The molecule has 0 spiro atoms. The first kappa shape index (κ1) is 32.3. The normalized spacial score (nSPS) is 15.6. The Bertz CT molecular complexity index is 1640. The number of H-pyrrole nitrogens is 1. The molecule has 0 radical (unpaired) electrons. The van der Waals surface area contributed by atoms with Crippen molar-refractivity contribution in [3.8, 4) is 17.0 Å². The number of hydrogen-bond donors (Lipinski definition) is 2. The van der Waals surface area contributed by atoms with Gasteiger partial charge in [0.15, 0.2) is 0 Å². The van der Waals surface area contributed by atoms with Gasteiger partial charge in [0.25, 0.3) is 0 Å². The Hall–Kier alpha value is -4.11. The Labute approximate surface area is 273 Å². The van der Waals surface area contributed by atoms with Crippen LogP contribution in [0.4, 0.5) is 4.79 Å². The molecule has 1 aliphatic rings. The number of rotatable bonds is 7. The van der Waals surface area contributed by atoms with Gasteiger partial charge in [0, 0.05) is 24.9 Å². The van der Waals surface area contributed by atoms with E-state index in [0.29, 0.717) is 18.8 Å². The van der Waals surface area contributed by atoms with Crippen LogP contribution in [0.2, 0.25) is 0 Å². The molecular weight excluding hydrogens is 632 g/mol. The first-order chi connectivity index (χ1) is 21.3. The topological polar surface area (TPSA) is 96.5 Å². The van der Waals surface area contributed by atoms with Crippen molar-refractivity contribution >= 4 is 27.9 Å². The largest absolute Gasteiger partial charge is 0.488 e. The van der Waals surface area contributed by atoms with Crippen LogP contribution in [0.15, 0.2) is 83.5 Å². The molecule has 2 amide bonds. The predicted octanol–water partition coefficient (Wildman–Crippen LogP) is 7.78. The Kier molecular flexibility index (Phi) is 9.39. The summed E-state index contributed by atoms with van der Waals surface area (Å²) < 4.78 is 12.3. The summed E-state index contributed by atoms with van der Waals surface area (Å²) in [6, 6.07) is 24.4. The number of hydrogen-bond acceptors (Lipinski definition) is 5. The van der Waals surface area contributed by atoms with Gasteiger partial charge in [-0.3, -0.25) is 4.79 Å². The van der Waals surface area contributed by atoms with Crippen molar-refractivity contribution in [1.82, 2.24) is 20.2 Å². The molecule has 4 aromatic rings. The third kappa shape index (κ3) is 8.34. The molecule has 3 aromatic carbocycles. The molecule has 1 aliphatic heterocycles. The van der Waals surface area contributed by atoms with Gasteiger partial charge in [0.1, 0.15) is 39.1 Å². The number of ether oxygens (including phenoxy) is 2. The predicted molar refractivity (Wildman–Crippen MR) is 179 cm³/mol. The lowest BCUT2D eigenvalue weighted by Gasteiger charge is -2.38. The average Bonchev–Trinajstić information content (AvgIpc) is 3.36. The molecular formula is C36H41BrN4O4. The minimum atomic E-state index is -0.881. The SMILES string of the molecule is CC(C)(C)OC(=O)N[C@@H](Cc1ccc(OC(C)(C)C)cc1)C(=O)N1Cc2ccccc2C[C@H]1c1nc(-c2ccccc2)c(Br)[nH]1.